The molecule has 0 bridgehead atoms. The van der Waals surface area contributed by atoms with Gasteiger partial charge in [-0.05, 0) is 40.8 Å². The van der Waals surface area contributed by atoms with Crippen molar-refractivity contribution in [2.45, 2.75) is 26.1 Å². The number of nitrogens with zero attached hydrogens (tertiary/aromatic N) is 3. The molecule has 0 atom stereocenters. The van der Waals surface area contributed by atoms with E-state index in [1.54, 1.807) is 26.7 Å². The predicted molar refractivity (Wildman–Crippen MR) is 114 cm³/mol. The highest BCUT2D eigenvalue weighted by Gasteiger charge is 2.22. The lowest BCUT2D eigenvalue weighted by Gasteiger charge is -2.29. The van der Waals surface area contributed by atoms with Crippen molar-refractivity contribution in [3.63, 3.8) is 0 Å². The van der Waals surface area contributed by atoms with Gasteiger partial charge in [0, 0.05) is 38.6 Å². The van der Waals surface area contributed by atoms with Gasteiger partial charge in [-0.1, -0.05) is 24.3 Å². The van der Waals surface area contributed by atoms with Crippen LogP contribution in [0.3, 0.4) is 0 Å². The number of methoxy groups -OCH3 is 2. The monoisotopic (exact) mass is 406 g/mol. The van der Waals surface area contributed by atoms with Crippen molar-refractivity contribution < 1.29 is 14.3 Å². The number of hydrogen-bond acceptors (Lipinski definition) is 4. The van der Waals surface area contributed by atoms with Crippen LogP contribution in [0.1, 0.15) is 22.3 Å². The van der Waals surface area contributed by atoms with E-state index in [4.69, 9.17) is 9.47 Å². The Morgan fingerprint density at radius 3 is 2.60 bits per heavy atom. The van der Waals surface area contributed by atoms with Crippen molar-refractivity contribution >= 4 is 6.03 Å². The molecule has 7 nitrogen and oxygen atoms in total. The number of urea groups is 1. The number of nitrogens with one attached hydrogen (secondary N) is 1. The lowest BCUT2D eigenvalue weighted by molar-refractivity contribution is 0.191. The Morgan fingerprint density at radius 1 is 1.10 bits per heavy atom. The zero-order valence-corrected chi connectivity index (χ0v) is 17.3. The molecular formula is C23H26N4O3. The zero-order chi connectivity index (χ0) is 20.9. The van der Waals surface area contributed by atoms with E-state index >= 15 is 0 Å². The maximum absolute atomic E-state index is 12.7. The molecule has 1 aromatic heterocycles. The number of benzene rings is 2. The second-order valence-corrected chi connectivity index (χ2v) is 7.36. The summed E-state index contributed by atoms with van der Waals surface area (Å²) in [4.78, 5) is 18.7. The lowest BCUT2D eigenvalue weighted by Crippen LogP contribution is -2.42. The molecule has 2 heterocycles. The maximum Gasteiger partial charge on any atom is 0.317 e. The first-order chi connectivity index (χ1) is 14.7. The SMILES string of the molecule is COc1cc2c(cc1OC)CN(C(=O)NCc1cccc(Cn3ccnc3)c1)CC2. The van der Waals surface area contributed by atoms with Gasteiger partial charge in [-0.2, -0.15) is 0 Å². The van der Waals surface area contributed by atoms with Gasteiger partial charge in [0.05, 0.1) is 20.5 Å². The van der Waals surface area contributed by atoms with Gasteiger partial charge in [-0.3, -0.25) is 0 Å². The van der Waals surface area contributed by atoms with Gasteiger partial charge < -0.3 is 24.3 Å². The molecule has 0 spiro atoms. The molecule has 0 radical (unpaired) electrons. The number of imidazole rings is 1. The van der Waals surface area contributed by atoms with Crippen molar-refractivity contribution in [1.82, 2.24) is 19.8 Å². The third kappa shape index (κ3) is 4.40. The Hall–Kier alpha value is -3.48. The highest BCUT2D eigenvalue weighted by Crippen LogP contribution is 2.33. The maximum atomic E-state index is 12.7. The molecule has 1 aliphatic rings. The minimum atomic E-state index is -0.0598. The van der Waals surface area contributed by atoms with E-state index in [2.05, 4.69) is 22.4 Å². The summed E-state index contributed by atoms with van der Waals surface area (Å²) < 4.78 is 12.8. The molecule has 0 unspecified atom stereocenters. The topological polar surface area (TPSA) is 68.6 Å². The van der Waals surface area contributed by atoms with Crippen molar-refractivity contribution in [1.29, 1.82) is 0 Å². The largest absolute Gasteiger partial charge is 0.493 e. The number of rotatable bonds is 6. The molecule has 2 aromatic carbocycles. The number of carbonyl (C=O) groups is 1. The normalized spacial score (nSPS) is 12.9. The Bertz CT molecular complexity index is 1020. The van der Waals surface area contributed by atoms with Gasteiger partial charge in [0.2, 0.25) is 0 Å². The summed E-state index contributed by atoms with van der Waals surface area (Å²) in [5, 5.41) is 3.05. The first kappa shape index (κ1) is 19.8. The molecule has 1 N–H and O–H groups in total. The van der Waals surface area contributed by atoms with Crippen molar-refractivity contribution in [3.8, 4) is 11.5 Å². The summed E-state index contributed by atoms with van der Waals surface area (Å²) in [6.07, 6.45) is 6.30. The van der Waals surface area contributed by atoms with E-state index in [9.17, 15) is 4.79 Å². The van der Waals surface area contributed by atoms with Crippen LogP contribution in [0, 0.1) is 0 Å². The molecule has 0 aliphatic carbocycles. The molecule has 156 valence electrons. The third-order valence-electron chi connectivity index (χ3n) is 5.36. The van der Waals surface area contributed by atoms with Gasteiger partial charge >= 0.3 is 6.03 Å². The fraction of sp³-hybridized carbons (Fsp3) is 0.304. The fourth-order valence-corrected chi connectivity index (χ4v) is 3.78. The Morgan fingerprint density at radius 2 is 1.87 bits per heavy atom. The molecule has 7 heteroatoms. The summed E-state index contributed by atoms with van der Waals surface area (Å²) in [6, 6.07) is 12.2. The van der Waals surface area contributed by atoms with Crippen LogP contribution in [0.4, 0.5) is 4.79 Å². The van der Waals surface area contributed by atoms with Crippen LogP contribution < -0.4 is 14.8 Å². The molecule has 1 aliphatic heterocycles. The molecule has 2 amide bonds. The van der Waals surface area contributed by atoms with Crippen LogP contribution in [0.5, 0.6) is 11.5 Å². The van der Waals surface area contributed by atoms with Gasteiger partial charge in [-0.25, -0.2) is 9.78 Å². The number of hydrogen-bond donors (Lipinski definition) is 1. The van der Waals surface area contributed by atoms with Gasteiger partial charge in [0.15, 0.2) is 11.5 Å². The van der Waals surface area contributed by atoms with E-state index in [0.29, 0.717) is 25.4 Å². The second-order valence-electron chi connectivity index (χ2n) is 7.36. The summed E-state index contributed by atoms with van der Waals surface area (Å²) in [6.45, 7) is 2.49. The number of aromatic nitrogens is 2. The standard InChI is InChI=1S/C23H26N4O3/c1-29-21-11-19-6-8-27(15-20(19)12-22(21)30-2)23(28)25-13-17-4-3-5-18(10-17)14-26-9-7-24-16-26/h3-5,7,9-12,16H,6,8,13-15H2,1-2H3,(H,25,28). The van der Waals surface area contributed by atoms with Crippen LogP contribution in [0.15, 0.2) is 55.1 Å². The van der Waals surface area contributed by atoms with Crippen LogP contribution in [0.25, 0.3) is 0 Å². The van der Waals surface area contributed by atoms with Gasteiger partial charge in [0.1, 0.15) is 0 Å². The predicted octanol–water partition coefficient (Wildman–Crippen LogP) is 3.22. The molecular weight excluding hydrogens is 380 g/mol. The molecule has 0 saturated heterocycles. The number of ether oxygens (including phenoxy) is 2. The highest BCUT2D eigenvalue weighted by atomic mass is 16.5. The smallest absolute Gasteiger partial charge is 0.317 e. The Labute approximate surface area is 176 Å². The minimum Gasteiger partial charge on any atom is -0.493 e. The van der Waals surface area contributed by atoms with Crippen LogP contribution in [-0.2, 0) is 26.1 Å². The summed E-state index contributed by atoms with van der Waals surface area (Å²) >= 11 is 0. The highest BCUT2D eigenvalue weighted by molar-refractivity contribution is 5.74. The zero-order valence-electron chi connectivity index (χ0n) is 17.3. The molecule has 4 rings (SSSR count). The fourth-order valence-electron chi connectivity index (χ4n) is 3.78. The summed E-state index contributed by atoms with van der Waals surface area (Å²) in [5.74, 6) is 1.41. The average Bonchev–Trinajstić information content (AvgIpc) is 3.29. The quantitative estimate of drug-likeness (QED) is 0.683. The Balaban J connectivity index is 1.37. The van der Waals surface area contributed by atoms with Crippen molar-refractivity contribution in [2.24, 2.45) is 0 Å². The summed E-state index contributed by atoms with van der Waals surface area (Å²) in [7, 11) is 3.26. The minimum absolute atomic E-state index is 0.0598. The second kappa shape index (κ2) is 8.90. The van der Waals surface area contributed by atoms with Crippen molar-refractivity contribution in [2.75, 3.05) is 20.8 Å². The average molecular weight is 406 g/mol. The van der Waals surface area contributed by atoms with Gasteiger partial charge in [0.25, 0.3) is 0 Å². The molecule has 30 heavy (non-hydrogen) atoms. The van der Waals surface area contributed by atoms with E-state index in [1.807, 2.05) is 39.9 Å². The summed E-state index contributed by atoms with van der Waals surface area (Å²) in [5.41, 5.74) is 4.54. The van der Waals surface area contributed by atoms with Crippen LogP contribution in [-0.4, -0.2) is 41.2 Å². The van der Waals surface area contributed by atoms with Gasteiger partial charge in [-0.15, -0.1) is 0 Å². The number of amides is 2. The Kier molecular flexibility index (Phi) is 5.88. The first-order valence-electron chi connectivity index (χ1n) is 9.96. The lowest BCUT2D eigenvalue weighted by atomic mass is 9.99. The number of carbonyl (C=O) groups excluding carboxylic acids is 1. The third-order valence-corrected chi connectivity index (χ3v) is 5.36. The van der Waals surface area contributed by atoms with E-state index in [-0.39, 0.29) is 6.03 Å². The van der Waals surface area contributed by atoms with Crippen LogP contribution in [0.2, 0.25) is 0 Å². The van der Waals surface area contributed by atoms with Crippen LogP contribution >= 0.6 is 0 Å². The van der Waals surface area contributed by atoms with Crippen molar-refractivity contribution in [3.05, 3.63) is 77.4 Å². The first-order valence-corrected chi connectivity index (χ1v) is 9.96. The molecule has 0 fully saturated rings. The van der Waals surface area contributed by atoms with E-state index < -0.39 is 0 Å². The molecule has 0 saturated carbocycles. The van der Waals surface area contributed by atoms with E-state index in [0.717, 1.165) is 29.8 Å². The van der Waals surface area contributed by atoms with E-state index in [1.165, 1.54) is 11.1 Å². The number of fused-ring (bicyclic) bond motifs is 1. The molecule has 3 aromatic rings.